The lowest BCUT2D eigenvalue weighted by Crippen LogP contribution is -2.04. The maximum atomic E-state index is 8.76. The zero-order valence-electron chi connectivity index (χ0n) is 8.68. The third-order valence-corrected chi connectivity index (χ3v) is 2.54. The third-order valence-electron chi connectivity index (χ3n) is 2.31. The second-order valence-corrected chi connectivity index (χ2v) is 3.86. The van der Waals surface area contributed by atoms with E-state index in [-0.39, 0.29) is 0 Å². The highest BCUT2D eigenvalue weighted by Gasteiger charge is 2.07. The molecule has 1 aromatic carbocycles. The molecule has 2 rings (SSSR count). The molecular formula is C11H9ClN4. The average Bonchev–Trinajstić information content (AvgIpc) is 2.60. The molecule has 0 radical (unpaired) electrons. The Labute approximate surface area is 98.1 Å². The molecule has 0 unspecified atom stereocenters. The minimum Gasteiger partial charge on any atom is -0.244 e. The summed E-state index contributed by atoms with van der Waals surface area (Å²) in [6.45, 7) is 2.39. The molecule has 1 heterocycles. The Balaban J connectivity index is 2.28. The van der Waals surface area contributed by atoms with Crippen molar-refractivity contribution in [2.24, 2.45) is 0 Å². The zero-order valence-corrected chi connectivity index (χ0v) is 9.44. The van der Waals surface area contributed by atoms with Gasteiger partial charge in [0.1, 0.15) is 6.07 Å². The molecule has 80 valence electrons. The van der Waals surface area contributed by atoms with Gasteiger partial charge in [-0.15, -0.1) is 5.10 Å². The summed E-state index contributed by atoms with van der Waals surface area (Å²) in [4.78, 5) is 0. The molecule has 2 aromatic rings. The van der Waals surface area contributed by atoms with Crippen LogP contribution in [0, 0.1) is 18.3 Å². The first-order chi connectivity index (χ1) is 7.70. The van der Waals surface area contributed by atoms with Crippen molar-refractivity contribution in [1.82, 2.24) is 15.0 Å². The Morgan fingerprint density at radius 3 is 2.94 bits per heavy atom. The quantitative estimate of drug-likeness (QED) is 0.797. The van der Waals surface area contributed by atoms with E-state index in [0.717, 1.165) is 11.3 Å². The summed E-state index contributed by atoms with van der Waals surface area (Å²) in [5.41, 5.74) is 2.16. The van der Waals surface area contributed by atoms with Crippen LogP contribution in [0.15, 0.2) is 24.3 Å². The summed E-state index contributed by atoms with van der Waals surface area (Å²) in [5, 5.41) is 17.1. The van der Waals surface area contributed by atoms with Gasteiger partial charge >= 0.3 is 0 Å². The Morgan fingerprint density at radius 2 is 2.31 bits per heavy atom. The van der Waals surface area contributed by atoms with Gasteiger partial charge in [0, 0.05) is 5.02 Å². The highest BCUT2D eigenvalue weighted by Crippen LogP contribution is 2.12. The van der Waals surface area contributed by atoms with Crippen LogP contribution in [-0.2, 0) is 6.54 Å². The minimum atomic E-state index is 0.363. The van der Waals surface area contributed by atoms with E-state index < -0.39 is 0 Å². The first-order valence-corrected chi connectivity index (χ1v) is 5.13. The van der Waals surface area contributed by atoms with Crippen LogP contribution in [0.1, 0.15) is 17.0 Å². The smallest absolute Gasteiger partial charge is 0.185 e. The molecule has 0 saturated carbocycles. The van der Waals surface area contributed by atoms with Gasteiger partial charge in [0.2, 0.25) is 0 Å². The van der Waals surface area contributed by atoms with Crippen molar-refractivity contribution in [2.75, 3.05) is 0 Å². The summed E-state index contributed by atoms with van der Waals surface area (Å²) in [6.07, 6.45) is 0. The number of benzene rings is 1. The normalized spacial score (nSPS) is 10.1. The molecule has 0 aliphatic heterocycles. The van der Waals surface area contributed by atoms with Gasteiger partial charge in [-0.2, -0.15) is 5.26 Å². The zero-order chi connectivity index (χ0) is 11.5. The van der Waals surface area contributed by atoms with Crippen molar-refractivity contribution >= 4 is 11.6 Å². The third kappa shape index (κ3) is 2.05. The lowest BCUT2D eigenvalue weighted by atomic mass is 10.2. The van der Waals surface area contributed by atoms with Crippen LogP contribution in [0.25, 0.3) is 0 Å². The van der Waals surface area contributed by atoms with Crippen molar-refractivity contribution in [3.8, 4) is 6.07 Å². The fourth-order valence-corrected chi connectivity index (χ4v) is 1.64. The number of hydrogen-bond donors (Lipinski definition) is 0. The Morgan fingerprint density at radius 1 is 1.50 bits per heavy atom. The lowest BCUT2D eigenvalue weighted by molar-refractivity contribution is 0.633. The van der Waals surface area contributed by atoms with Crippen LogP contribution in [0.4, 0.5) is 0 Å². The first kappa shape index (κ1) is 10.7. The van der Waals surface area contributed by atoms with E-state index in [9.17, 15) is 0 Å². The predicted molar refractivity (Wildman–Crippen MR) is 60.0 cm³/mol. The molecule has 0 saturated heterocycles. The van der Waals surface area contributed by atoms with Gasteiger partial charge in [0.05, 0.1) is 12.2 Å². The van der Waals surface area contributed by atoms with Crippen LogP contribution < -0.4 is 0 Å². The molecule has 5 heteroatoms. The van der Waals surface area contributed by atoms with Crippen molar-refractivity contribution in [3.63, 3.8) is 0 Å². The fraction of sp³-hybridized carbons (Fsp3) is 0.182. The summed E-state index contributed by atoms with van der Waals surface area (Å²) in [7, 11) is 0. The molecule has 0 aliphatic rings. The Bertz CT molecular complexity index is 553. The second kappa shape index (κ2) is 4.33. The van der Waals surface area contributed by atoms with Gasteiger partial charge in [-0.05, 0) is 24.6 Å². The van der Waals surface area contributed by atoms with Gasteiger partial charge in [0.25, 0.3) is 0 Å². The van der Waals surface area contributed by atoms with Crippen LogP contribution in [-0.4, -0.2) is 15.0 Å². The molecule has 16 heavy (non-hydrogen) atoms. The summed E-state index contributed by atoms with van der Waals surface area (Å²) < 4.78 is 1.68. The van der Waals surface area contributed by atoms with Crippen LogP contribution in [0.5, 0.6) is 0 Å². The molecular weight excluding hydrogens is 224 g/mol. The van der Waals surface area contributed by atoms with Gasteiger partial charge in [-0.3, -0.25) is 0 Å². The van der Waals surface area contributed by atoms with Crippen LogP contribution >= 0.6 is 11.6 Å². The number of hydrogen-bond acceptors (Lipinski definition) is 3. The van der Waals surface area contributed by atoms with Crippen molar-refractivity contribution in [1.29, 1.82) is 5.26 Å². The second-order valence-electron chi connectivity index (χ2n) is 3.42. The van der Waals surface area contributed by atoms with Crippen molar-refractivity contribution in [2.45, 2.75) is 13.5 Å². The van der Waals surface area contributed by atoms with E-state index in [0.29, 0.717) is 17.3 Å². The minimum absolute atomic E-state index is 0.363. The van der Waals surface area contributed by atoms with Gasteiger partial charge in [-0.1, -0.05) is 28.9 Å². The number of rotatable bonds is 2. The SMILES string of the molecule is Cc1c(C#N)nnn1Cc1cccc(Cl)c1. The molecule has 0 aliphatic carbocycles. The van der Waals surface area contributed by atoms with Gasteiger partial charge in [0.15, 0.2) is 5.69 Å². The molecule has 1 aromatic heterocycles. The van der Waals surface area contributed by atoms with E-state index >= 15 is 0 Å². The topological polar surface area (TPSA) is 54.5 Å². The molecule has 0 amide bonds. The number of aromatic nitrogens is 3. The molecule has 0 spiro atoms. The highest BCUT2D eigenvalue weighted by atomic mass is 35.5. The highest BCUT2D eigenvalue weighted by molar-refractivity contribution is 6.30. The number of halogens is 1. The summed E-state index contributed by atoms with van der Waals surface area (Å²) in [6, 6.07) is 9.52. The molecule has 0 atom stereocenters. The van der Waals surface area contributed by atoms with E-state index in [1.165, 1.54) is 0 Å². The monoisotopic (exact) mass is 232 g/mol. The van der Waals surface area contributed by atoms with E-state index in [2.05, 4.69) is 10.3 Å². The molecule has 0 bridgehead atoms. The molecule has 4 nitrogen and oxygen atoms in total. The standard InChI is InChI=1S/C11H9ClN4/c1-8-11(6-13)14-15-16(8)7-9-3-2-4-10(12)5-9/h2-5H,7H2,1H3. The number of nitriles is 1. The van der Waals surface area contributed by atoms with Crippen LogP contribution in [0.2, 0.25) is 5.02 Å². The van der Waals surface area contributed by atoms with Crippen LogP contribution in [0.3, 0.4) is 0 Å². The fourth-order valence-electron chi connectivity index (χ4n) is 1.42. The van der Waals surface area contributed by atoms with Gasteiger partial charge < -0.3 is 0 Å². The first-order valence-electron chi connectivity index (χ1n) is 4.75. The van der Waals surface area contributed by atoms with E-state index in [1.807, 2.05) is 37.3 Å². The van der Waals surface area contributed by atoms with Crippen molar-refractivity contribution < 1.29 is 0 Å². The molecule has 0 N–H and O–H groups in total. The predicted octanol–water partition coefficient (Wildman–Crippen LogP) is 2.16. The maximum absolute atomic E-state index is 8.76. The van der Waals surface area contributed by atoms with Gasteiger partial charge in [-0.25, -0.2) is 4.68 Å². The van der Waals surface area contributed by atoms with E-state index in [4.69, 9.17) is 16.9 Å². The average molecular weight is 233 g/mol. The van der Waals surface area contributed by atoms with Crippen molar-refractivity contribution in [3.05, 3.63) is 46.2 Å². The summed E-state index contributed by atoms with van der Waals surface area (Å²) in [5.74, 6) is 0. The molecule has 0 fully saturated rings. The largest absolute Gasteiger partial charge is 0.244 e. The lowest BCUT2D eigenvalue weighted by Gasteiger charge is -2.03. The number of nitrogens with zero attached hydrogens (tertiary/aromatic N) is 4. The summed E-state index contributed by atoms with van der Waals surface area (Å²) >= 11 is 5.89. The Kier molecular flexibility index (Phi) is 2.88. The maximum Gasteiger partial charge on any atom is 0.185 e. The van der Waals surface area contributed by atoms with E-state index in [1.54, 1.807) is 4.68 Å². The Hall–Kier alpha value is -1.86.